The lowest BCUT2D eigenvalue weighted by Crippen LogP contribution is -2.12. The van der Waals surface area contributed by atoms with Crippen LogP contribution in [0.5, 0.6) is 0 Å². The molecule has 0 fully saturated rings. The fourth-order valence-electron chi connectivity index (χ4n) is 3.83. The lowest BCUT2D eigenvalue weighted by Gasteiger charge is -2.25. The molecule has 0 bridgehead atoms. The molecule has 0 radical (unpaired) electrons. The predicted molar refractivity (Wildman–Crippen MR) is 122 cm³/mol. The van der Waals surface area contributed by atoms with Crippen molar-refractivity contribution < 1.29 is 13.6 Å². The summed E-state index contributed by atoms with van der Waals surface area (Å²) in [6.07, 6.45) is 0. The molecular formula is C22H25N2O3PS. The summed E-state index contributed by atoms with van der Waals surface area (Å²) >= 11 is 1.59. The average Bonchev–Trinajstić information content (AvgIpc) is 3.32. The Balaban J connectivity index is 1.82. The van der Waals surface area contributed by atoms with E-state index < -0.39 is 13.4 Å². The zero-order valence-corrected chi connectivity index (χ0v) is 18.7. The molecule has 2 aromatic carbocycles. The second-order valence-corrected chi connectivity index (χ2v) is 10.5. The van der Waals surface area contributed by atoms with Gasteiger partial charge < -0.3 is 18.9 Å². The van der Waals surface area contributed by atoms with Gasteiger partial charge in [0.15, 0.2) is 5.78 Å². The number of aromatic nitrogens is 1. The quantitative estimate of drug-likeness (QED) is 0.330. The molecule has 7 heteroatoms. The molecule has 1 atom stereocenters. The largest absolute Gasteiger partial charge is 0.367 e. The van der Waals surface area contributed by atoms with E-state index in [-0.39, 0.29) is 0 Å². The maximum Gasteiger partial charge on any atom is 0.357 e. The lowest BCUT2D eigenvalue weighted by atomic mass is 10.1. The van der Waals surface area contributed by atoms with Gasteiger partial charge in [0.1, 0.15) is 0 Å². The second-order valence-electron chi connectivity index (χ2n) is 6.89. The van der Waals surface area contributed by atoms with Crippen LogP contribution in [0.1, 0.15) is 22.5 Å². The number of nitrogens with zero attached hydrogens (tertiary/aromatic N) is 1. The zero-order valence-electron chi connectivity index (χ0n) is 17.0. The monoisotopic (exact) mass is 428 g/mol. The molecule has 0 amide bonds. The standard InChI is InChI=1S/C22H25N2O3PS/c1-5-24-19-9-7-6-8-17(19)18-14-16(11-12-20(18)24)23-22(28(25,26-3)27-4)21-13-10-15(2)29-21/h6-14,22-23H,5H2,1-4H3. The highest BCUT2D eigenvalue weighted by molar-refractivity contribution is 7.54. The normalized spacial score (nSPS) is 13.2. The minimum atomic E-state index is -3.38. The Morgan fingerprint density at radius 3 is 2.41 bits per heavy atom. The highest BCUT2D eigenvalue weighted by Gasteiger charge is 2.36. The zero-order chi connectivity index (χ0) is 20.6. The number of anilines is 1. The molecule has 5 nitrogen and oxygen atoms in total. The van der Waals surface area contributed by atoms with Gasteiger partial charge in [0, 0.05) is 58.0 Å². The first-order valence-electron chi connectivity index (χ1n) is 9.55. The van der Waals surface area contributed by atoms with Crippen molar-refractivity contribution >= 4 is 46.4 Å². The molecule has 0 aliphatic rings. The topological polar surface area (TPSA) is 52.5 Å². The summed E-state index contributed by atoms with van der Waals surface area (Å²) in [4.78, 5) is 2.07. The molecule has 0 saturated heterocycles. The van der Waals surface area contributed by atoms with E-state index in [2.05, 4.69) is 53.2 Å². The molecule has 4 rings (SSSR count). The second kappa shape index (κ2) is 7.96. The van der Waals surface area contributed by atoms with Crippen molar-refractivity contribution in [3.63, 3.8) is 0 Å². The molecule has 2 aromatic heterocycles. The van der Waals surface area contributed by atoms with E-state index in [4.69, 9.17) is 9.05 Å². The highest BCUT2D eigenvalue weighted by Crippen LogP contribution is 2.60. The summed E-state index contributed by atoms with van der Waals surface area (Å²) < 4.78 is 26.3. The van der Waals surface area contributed by atoms with Crippen molar-refractivity contribution in [3.8, 4) is 0 Å². The molecule has 2 heterocycles. The van der Waals surface area contributed by atoms with Crippen molar-refractivity contribution in [3.05, 3.63) is 64.4 Å². The number of aryl methyl sites for hydroxylation is 2. The molecular weight excluding hydrogens is 403 g/mol. The van der Waals surface area contributed by atoms with Crippen LogP contribution >= 0.6 is 18.9 Å². The molecule has 4 aromatic rings. The van der Waals surface area contributed by atoms with E-state index in [0.29, 0.717) is 0 Å². The Labute approximate surface area is 174 Å². The summed E-state index contributed by atoms with van der Waals surface area (Å²) in [5.41, 5.74) is 3.28. The molecule has 0 spiro atoms. The van der Waals surface area contributed by atoms with Crippen molar-refractivity contribution in [1.29, 1.82) is 0 Å². The van der Waals surface area contributed by atoms with Crippen LogP contribution in [-0.2, 0) is 20.2 Å². The van der Waals surface area contributed by atoms with Crippen molar-refractivity contribution in [2.24, 2.45) is 0 Å². The van der Waals surface area contributed by atoms with E-state index in [1.807, 2.05) is 25.1 Å². The smallest absolute Gasteiger partial charge is 0.357 e. The van der Waals surface area contributed by atoms with Gasteiger partial charge in [0.05, 0.1) is 0 Å². The number of rotatable bonds is 7. The first-order chi connectivity index (χ1) is 14.0. The minimum Gasteiger partial charge on any atom is -0.367 e. The van der Waals surface area contributed by atoms with Gasteiger partial charge in [-0.2, -0.15) is 0 Å². The van der Waals surface area contributed by atoms with Crippen LogP contribution in [0.15, 0.2) is 54.6 Å². The van der Waals surface area contributed by atoms with Crippen LogP contribution in [-0.4, -0.2) is 18.8 Å². The number of nitrogens with one attached hydrogen (secondary N) is 1. The van der Waals surface area contributed by atoms with Crippen molar-refractivity contribution in [2.75, 3.05) is 19.5 Å². The van der Waals surface area contributed by atoms with Crippen molar-refractivity contribution in [1.82, 2.24) is 4.57 Å². The summed E-state index contributed by atoms with van der Waals surface area (Å²) in [6.45, 7) is 5.08. The van der Waals surface area contributed by atoms with Crippen LogP contribution in [0.2, 0.25) is 0 Å². The summed E-state index contributed by atoms with van der Waals surface area (Å²) in [7, 11) is -0.524. The van der Waals surface area contributed by atoms with Crippen LogP contribution in [0.3, 0.4) is 0 Å². The SMILES string of the molecule is CCn1c2ccccc2c2cc(NC(c3ccc(C)s3)P(=O)(OC)OC)ccc21. The van der Waals surface area contributed by atoms with E-state index in [1.165, 1.54) is 36.0 Å². The minimum absolute atomic E-state index is 0.576. The Kier molecular flexibility index (Phi) is 5.54. The van der Waals surface area contributed by atoms with Crippen LogP contribution in [0, 0.1) is 6.92 Å². The van der Waals surface area contributed by atoms with Gasteiger partial charge >= 0.3 is 7.60 Å². The number of benzene rings is 2. The van der Waals surface area contributed by atoms with E-state index in [1.54, 1.807) is 11.3 Å². The van der Waals surface area contributed by atoms with Gasteiger partial charge in [-0.1, -0.05) is 18.2 Å². The third-order valence-electron chi connectivity index (χ3n) is 5.25. The summed E-state index contributed by atoms with van der Waals surface area (Å²) in [5.74, 6) is -0.576. The maximum atomic E-state index is 13.3. The first-order valence-corrected chi connectivity index (χ1v) is 12.0. The van der Waals surface area contributed by atoms with Crippen molar-refractivity contribution in [2.45, 2.75) is 26.2 Å². The Bertz CT molecular complexity index is 1210. The number of hydrogen-bond acceptors (Lipinski definition) is 5. The fourth-order valence-corrected chi connectivity index (χ4v) is 6.47. The van der Waals surface area contributed by atoms with Gasteiger partial charge in [-0.25, -0.2) is 0 Å². The Morgan fingerprint density at radius 2 is 1.76 bits per heavy atom. The number of thiophene rings is 1. The van der Waals surface area contributed by atoms with Gasteiger partial charge in [0.25, 0.3) is 0 Å². The molecule has 0 aliphatic carbocycles. The first kappa shape index (κ1) is 20.2. The Hall–Kier alpha value is -2.11. The third kappa shape index (κ3) is 3.51. The van der Waals surface area contributed by atoms with E-state index in [9.17, 15) is 4.57 Å². The molecule has 29 heavy (non-hydrogen) atoms. The predicted octanol–water partition coefficient (Wildman–Crippen LogP) is 6.78. The molecule has 0 saturated carbocycles. The van der Waals surface area contributed by atoms with Gasteiger partial charge in [-0.15, -0.1) is 11.3 Å². The van der Waals surface area contributed by atoms with Crippen LogP contribution < -0.4 is 5.32 Å². The van der Waals surface area contributed by atoms with Crippen LogP contribution in [0.25, 0.3) is 21.8 Å². The molecule has 0 aliphatic heterocycles. The summed E-state index contributed by atoms with van der Waals surface area (Å²) in [5, 5.41) is 5.79. The fraction of sp³-hybridized carbons (Fsp3) is 0.273. The third-order valence-corrected chi connectivity index (χ3v) is 8.55. The molecule has 1 unspecified atom stereocenters. The van der Waals surface area contributed by atoms with Crippen LogP contribution in [0.4, 0.5) is 5.69 Å². The van der Waals surface area contributed by atoms with E-state index in [0.717, 1.165) is 22.0 Å². The molecule has 152 valence electrons. The van der Waals surface area contributed by atoms with Gasteiger partial charge in [-0.05, 0) is 50.2 Å². The van der Waals surface area contributed by atoms with E-state index >= 15 is 0 Å². The highest BCUT2D eigenvalue weighted by atomic mass is 32.1. The van der Waals surface area contributed by atoms with Gasteiger partial charge in [0.2, 0.25) is 0 Å². The Morgan fingerprint density at radius 1 is 1.03 bits per heavy atom. The molecule has 1 N–H and O–H groups in total. The maximum absolute atomic E-state index is 13.3. The number of fused-ring (bicyclic) bond motifs is 3. The van der Waals surface area contributed by atoms with Gasteiger partial charge in [-0.3, -0.25) is 4.57 Å². The lowest BCUT2D eigenvalue weighted by molar-refractivity contribution is 0.269. The number of para-hydroxylation sites is 1. The summed E-state index contributed by atoms with van der Waals surface area (Å²) in [6, 6.07) is 18.7. The average molecular weight is 428 g/mol. The number of hydrogen-bond donors (Lipinski definition) is 1.